The lowest BCUT2D eigenvalue weighted by atomic mass is 9.86. The number of likely N-dealkylation sites (tertiary alicyclic amines) is 1. The molecule has 2 saturated heterocycles. The lowest BCUT2D eigenvalue weighted by Gasteiger charge is -2.39. The molecule has 2 aliphatic heterocycles. The molecule has 1 aromatic rings. The number of amides is 3. The van der Waals surface area contributed by atoms with E-state index in [9.17, 15) is 19.5 Å². The second-order valence-electron chi connectivity index (χ2n) is 6.55. The molecule has 0 unspecified atom stereocenters. The number of aromatic hydroxyl groups is 1. The van der Waals surface area contributed by atoms with E-state index in [0.29, 0.717) is 38.0 Å². The molecule has 0 radical (unpaired) electrons. The van der Waals surface area contributed by atoms with E-state index in [-0.39, 0.29) is 34.6 Å². The van der Waals surface area contributed by atoms with Crippen molar-refractivity contribution in [3.63, 3.8) is 0 Å². The highest BCUT2D eigenvalue weighted by molar-refractivity contribution is 6.02. The van der Waals surface area contributed by atoms with Crippen molar-refractivity contribution in [3.05, 3.63) is 36.4 Å². The number of phenolic OH excluding ortho intramolecular Hbond substituents is 1. The quantitative estimate of drug-likeness (QED) is 0.571. The Morgan fingerprint density at radius 2 is 2.00 bits per heavy atom. The highest BCUT2D eigenvalue weighted by Crippen LogP contribution is 2.32. The number of carbonyl (C=O) groups is 3. The van der Waals surface area contributed by atoms with Crippen molar-refractivity contribution in [2.24, 2.45) is 0 Å². The Bertz CT molecular complexity index is 736. The van der Waals surface area contributed by atoms with E-state index < -0.39 is 0 Å². The van der Waals surface area contributed by atoms with Crippen LogP contribution in [0.4, 0.5) is 5.69 Å². The van der Waals surface area contributed by atoms with E-state index in [4.69, 9.17) is 0 Å². The van der Waals surface area contributed by atoms with E-state index in [2.05, 4.69) is 17.2 Å². The Morgan fingerprint density at radius 1 is 1.28 bits per heavy atom. The molecule has 0 bridgehead atoms. The van der Waals surface area contributed by atoms with Gasteiger partial charge in [-0.1, -0.05) is 6.58 Å². The van der Waals surface area contributed by atoms with Gasteiger partial charge in [0.1, 0.15) is 5.75 Å². The summed E-state index contributed by atoms with van der Waals surface area (Å²) in [7, 11) is 0. The number of phenols is 1. The monoisotopic (exact) mass is 343 g/mol. The lowest BCUT2D eigenvalue weighted by molar-refractivity contribution is -0.120. The Morgan fingerprint density at radius 3 is 2.60 bits per heavy atom. The summed E-state index contributed by atoms with van der Waals surface area (Å²) in [5.74, 6) is -0.730. The molecule has 3 rings (SSSR count). The fourth-order valence-corrected chi connectivity index (χ4v) is 3.44. The molecule has 132 valence electrons. The van der Waals surface area contributed by atoms with Gasteiger partial charge in [0.15, 0.2) is 0 Å². The highest BCUT2D eigenvalue weighted by Gasteiger charge is 2.41. The summed E-state index contributed by atoms with van der Waals surface area (Å²) in [6.45, 7) is 4.41. The standard InChI is InChI=1S/C18H21N3O4/c1-2-15(23)19-12-3-4-14(22)13(11-12)17(25)21-9-7-18(8-10-21)6-5-16(24)20-18/h2-4,11,22H,1,5-10H2,(H,19,23)(H,20,24). The zero-order chi connectivity index (χ0) is 18.0. The number of hydrogen-bond acceptors (Lipinski definition) is 4. The first-order valence-corrected chi connectivity index (χ1v) is 8.29. The second kappa shape index (κ2) is 6.58. The average molecular weight is 343 g/mol. The van der Waals surface area contributed by atoms with Gasteiger partial charge in [-0.3, -0.25) is 14.4 Å². The molecule has 0 saturated carbocycles. The van der Waals surface area contributed by atoms with Crippen molar-refractivity contribution in [2.45, 2.75) is 31.2 Å². The van der Waals surface area contributed by atoms with Crippen molar-refractivity contribution in [2.75, 3.05) is 18.4 Å². The summed E-state index contributed by atoms with van der Waals surface area (Å²) in [6, 6.07) is 4.36. The first-order valence-electron chi connectivity index (χ1n) is 8.29. The summed E-state index contributed by atoms with van der Waals surface area (Å²) in [6.07, 6.45) is 3.90. The van der Waals surface area contributed by atoms with Gasteiger partial charge in [0.2, 0.25) is 11.8 Å². The topological polar surface area (TPSA) is 98.7 Å². The largest absolute Gasteiger partial charge is 0.507 e. The third-order valence-corrected chi connectivity index (χ3v) is 4.92. The van der Waals surface area contributed by atoms with Crippen LogP contribution >= 0.6 is 0 Å². The molecule has 3 amide bonds. The van der Waals surface area contributed by atoms with Crippen molar-refractivity contribution in [1.82, 2.24) is 10.2 Å². The first-order chi connectivity index (χ1) is 11.9. The van der Waals surface area contributed by atoms with E-state index in [0.717, 1.165) is 12.5 Å². The molecular formula is C18H21N3O4. The third kappa shape index (κ3) is 3.50. The number of nitrogens with one attached hydrogen (secondary N) is 2. The number of piperidine rings is 1. The minimum absolute atomic E-state index is 0.0723. The zero-order valence-electron chi connectivity index (χ0n) is 13.9. The summed E-state index contributed by atoms with van der Waals surface area (Å²) < 4.78 is 0. The minimum Gasteiger partial charge on any atom is -0.507 e. The van der Waals surface area contributed by atoms with Crippen LogP contribution in [-0.2, 0) is 9.59 Å². The summed E-state index contributed by atoms with van der Waals surface area (Å²) in [5, 5.41) is 15.6. The number of rotatable bonds is 3. The molecular weight excluding hydrogens is 322 g/mol. The maximum atomic E-state index is 12.7. The number of hydrogen-bond donors (Lipinski definition) is 3. The van der Waals surface area contributed by atoms with Crippen molar-refractivity contribution >= 4 is 23.4 Å². The van der Waals surface area contributed by atoms with Crippen molar-refractivity contribution in [1.29, 1.82) is 0 Å². The van der Waals surface area contributed by atoms with Crippen molar-refractivity contribution in [3.8, 4) is 5.75 Å². The van der Waals surface area contributed by atoms with Gasteiger partial charge in [0.05, 0.1) is 5.56 Å². The maximum Gasteiger partial charge on any atom is 0.257 e. The van der Waals surface area contributed by atoms with Crippen LogP contribution in [0.15, 0.2) is 30.9 Å². The molecule has 0 atom stereocenters. The fourth-order valence-electron chi connectivity index (χ4n) is 3.44. The average Bonchev–Trinajstić information content (AvgIpc) is 2.97. The van der Waals surface area contributed by atoms with E-state index >= 15 is 0 Å². The molecule has 1 spiro atoms. The molecule has 2 heterocycles. The van der Waals surface area contributed by atoms with Crippen LogP contribution < -0.4 is 10.6 Å². The van der Waals surface area contributed by atoms with Gasteiger partial charge in [-0.15, -0.1) is 0 Å². The number of carbonyl (C=O) groups excluding carboxylic acids is 3. The van der Waals surface area contributed by atoms with Crippen LogP contribution in [0.3, 0.4) is 0 Å². The van der Waals surface area contributed by atoms with Gasteiger partial charge >= 0.3 is 0 Å². The predicted octanol–water partition coefficient (Wildman–Crippen LogP) is 1.40. The molecule has 1 aromatic carbocycles. The normalized spacial score (nSPS) is 18.7. The molecule has 0 aliphatic carbocycles. The molecule has 25 heavy (non-hydrogen) atoms. The van der Waals surface area contributed by atoms with E-state index in [1.807, 2.05) is 0 Å². The Labute approximate surface area is 145 Å². The minimum atomic E-state index is -0.388. The van der Waals surface area contributed by atoms with Crippen LogP contribution in [0.1, 0.15) is 36.0 Å². The van der Waals surface area contributed by atoms with Gasteiger partial charge in [-0.2, -0.15) is 0 Å². The van der Waals surface area contributed by atoms with Gasteiger partial charge in [-0.05, 0) is 43.5 Å². The van der Waals surface area contributed by atoms with Crippen LogP contribution in [0.5, 0.6) is 5.75 Å². The number of nitrogens with zero attached hydrogens (tertiary/aromatic N) is 1. The molecule has 7 heteroatoms. The van der Waals surface area contributed by atoms with E-state index in [1.165, 1.54) is 18.2 Å². The van der Waals surface area contributed by atoms with Gasteiger partial charge in [-0.25, -0.2) is 0 Å². The van der Waals surface area contributed by atoms with E-state index in [1.54, 1.807) is 4.90 Å². The number of benzene rings is 1. The molecule has 3 N–H and O–H groups in total. The Kier molecular flexibility index (Phi) is 4.48. The van der Waals surface area contributed by atoms with Crippen LogP contribution in [0.25, 0.3) is 0 Å². The highest BCUT2D eigenvalue weighted by atomic mass is 16.3. The molecule has 2 fully saturated rings. The van der Waals surface area contributed by atoms with Gasteiger partial charge in [0.25, 0.3) is 5.91 Å². The Hall–Kier alpha value is -2.83. The van der Waals surface area contributed by atoms with Gasteiger partial charge in [0, 0.05) is 30.7 Å². The van der Waals surface area contributed by atoms with Crippen molar-refractivity contribution < 1.29 is 19.5 Å². The first kappa shape index (κ1) is 17.0. The smallest absolute Gasteiger partial charge is 0.257 e. The van der Waals surface area contributed by atoms with Crippen LogP contribution in [0.2, 0.25) is 0 Å². The second-order valence-corrected chi connectivity index (χ2v) is 6.55. The maximum absolute atomic E-state index is 12.7. The SMILES string of the molecule is C=CC(=O)Nc1ccc(O)c(C(=O)N2CCC3(CCC(=O)N3)CC2)c1. The molecule has 7 nitrogen and oxygen atoms in total. The third-order valence-electron chi connectivity index (χ3n) is 4.92. The lowest BCUT2D eigenvalue weighted by Crippen LogP contribution is -2.52. The molecule has 2 aliphatic rings. The van der Waals surface area contributed by atoms with Gasteiger partial charge < -0.3 is 20.6 Å². The summed E-state index contributed by atoms with van der Waals surface area (Å²) in [5.41, 5.74) is 0.381. The fraction of sp³-hybridized carbons (Fsp3) is 0.389. The zero-order valence-corrected chi connectivity index (χ0v) is 13.9. The molecule has 0 aromatic heterocycles. The summed E-state index contributed by atoms with van der Waals surface area (Å²) in [4.78, 5) is 37.3. The summed E-state index contributed by atoms with van der Waals surface area (Å²) >= 11 is 0. The Balaban J connectivity index is 1.71. The van der Waals surface area contributed by atoms with Crippen LogP contribution in [-0.4, -0.2) is 46.4 Å². The predicted molar refractivity (Wildman–Crippen MR) is 92.2 cm³/mol. The number of anilines is 1. The van der Waals surface area contributed by atoms with Crippen LogP contribution in [0, 0.1) is 0 Å².